The topological polar surface area (TPSA) is 90.2 Å². The van der Waals surface area contributed by atoms with Gasteiger partial charge >= 0.3 is 6.18 Å². The Morgan fingerprint density at radius 1 is 1.08 bits per heavy atom. The number of carbonyl (C=O) groups is 1. The number of fused-ring (bicyclic) bond motifs is 1. The third kappa shape index (κ3) is 5.53. The van der Waals surface area contributed by atoms with Crippen LogP contribution in [0.15, 0.2) is 53.6 Å². The van der Waals surface area contributed by atoms with Crippen molar-refractivity contribution in [1.29, 1.82) is 0 Å². The molecule has 202 valence electrons. The number of rotatable bonds is 5. The van der Waals surface area contributed by atoms with Crippen molar-refractivity contribution in [2.24, 2.45) is 0 Å². The lowest BCUT2D eigenvalue weighted by Gasteiger charge is -2.36. The molecule has 3 aromatic rings. The maximum atomic E-state index is 13.2. The van der Waals surface area contributed by atoms with Gasteiger partial charge in [-0.15, -0.1) is 0 Å². The first-order chi connectivity index (χ1) is 18.2. The molecular formula is C27H30F3N5O3. The first-order valence-corrected chi connectivity index (χ1v) is 12.8. The highest BCUT2D eigenvalue weighted by Crippen LogP contribution is 2.29. The Hall–Kier alpha value is -3.44. The van der Waals surface area contributed by atoms with E-state index in [-0.39, 0.29) is 11.6 Å². The first-order valence-electron chi connectivity index (χ1n) is 12.8. The number of piperazine rings is 1. The molecule has 1 amide bonds. The summed E-state index contributed by atoms with van der Waals surface area (Å²) in [4.78, 5) is 34.0. The van der Waals surface area contributed by atoms with Gasteiger partial charge in [-0.05, 0) is 48.7 Å². The molecule has 0 spiro atoms. The van der Waals surface area contributed by atoms with E-state index in [1.54, 1.807) is 18.3 Å². The highest BCUT2D eigenvalue weighted by Gasteiger charge is 2.32. The van der Waals surface area contributed by atoms with Crippen LogP contribution in [0.1, 0.15) is 47.3 Å². The smallest absolute Gasteiger partial charge is 0.391 e. The Balaban J connectivity index is 1.31. The molecule has 4 heterocycles. The summed E-state index contributed by atoms with van der Waals surface area (Å²) in [6, 6.07) is 9.13. The summed E-state index contributed by atoms with van der Waals surface area (Å²) >= 11 is 0. The summed E-state index contributed by atoms with van der Waals surface area (Å²) in [6.45, 7) is 3.00. The number of halogens is 3. The molecule has 1 saturated heterocycles. The van der Waals surface area contributed by atoms with Crippen LogP contribution in [0.4, 0.5) is 18.9 Å². The summed E-state index contributed by atoms with van der Waals surface area (Å²) in [5, 5.41) is 13.1. The lowest BCUT2D eigenvalue weighted by atomic mass is 9.92. The third-order valence-corrected chi connectivity index (χ3v) is 7.42. The monoisotopic (exact) mass is 529 g/mol. The van der Waals surface area contributed by atoms with Gasteiger partial charge in [0.1, 0.15) is 11.3 Å². The average Bonchev–Trinajstić information content (AvgIpc) is 2.91. The van der Waals surface area contributed by atoms with E-state index in [2.05, 4.69) is 15.2 Å². The molecule has 1 saturated carbocycles. The van der Waals surface area contributed by atoms with Crippen molar-refractivity contribution in [2.45, 2.75) is 50.6 Å². The second-order valence-corrected chi connectivity index (χ2v) is 9.94. The fraction of sp³-hybridized carbons (Fsp3) is 0.444. The maximum absolute atomic E-state index is 13.2. The Bertz CT molecular complexity index is 1350. The lowest BCUT2D eigenvalue weighted by Crippen LogP contribution is -2.47. The predicted molar refractivity (Wildman–Crippen MR) is 136 cm³/mol. The summed E-state index contributed by atoms with van der Waals surface area (Å²) in [5.41, 5.74) is 0.884. The zero-order valence-corrected chi connectivity index (χ0v) is 20.8. The van der Waals surface area contributed by atoms with Crippen LogP contribution in [0.3, 0.4) is 0 Å². The van der Waals surface area contributed by atoms with Crippen LogP contribution in [0.25, 0.3) is 5.52 Å². The van der Waals surface area contributed by atoms with Gasteiger partial charge in [-0.1, -0.05) is 18.9 Å². The minimum Gasteiger partial charge on any atom is -0.391 e. The highest BCUT2D eigenvalue weighted by atomic mass is 19.4. The summed E-state index contributed by atoms with van der Waals surface area (Å²) in [5.74, 6) is -0.486. The van der Waals surface area contributed by atoms with Gasteiger partial charge in [-0.3, -0.25) is 18.9 Å². The fourth-order valence-corrected chi connectivity index (χ4v) is 5.28. The van der Waals surface area contributed by atoms with E-state index in [4.69, 9.17) is 0 Å². The minimum atomic E-state index is -4.47. The van der Waals surface area contributed by atoms with Crippen molar-refractivity contribution in [3.05, 3.63) is 76.0 Å². The van der Waals surface area contributed by atoms with Crippen LogP contribution in [-0.4, -0.2) is 63.6 Å². The quantitative estimate of drug-likeness (QED) is 0.528. The molecule has 11 heteroatoms. The molecule has 8 nitrogen and oxygen atoms in total. The molecular weight excluding hydrogens is 499 g/mol. The van der Waals surface area contributed by atoms with E-state index in [9.17, 15) is 27.9 Å². The van der Waals surface area contributed by atoms with Crippen LogP contribution in [0, 0.1) is 0 Å². The van der Waals surface area contributed by atoms with E-state index >= 15 is 0 Å². The van der Waals surface area contributed by atoms with Crippen molar-refractivity contribution in [2.75, 3.05) is 31.1 Å². The number of amides is 1. The normalized spacial score (nSPS) is 21.0. The summed E-state index contributed by atoms with van der Waals surface area (Å²) < 4.78 is 40.0. The van der Waals surface area contributed by atoms with Gasteiger partial charge in [0.15, 0.2) is 0 Å². The van der Waals surface area contributed by atoms with Gasteiger partial charge in [0.05, 0.1) is 29.5 Å². The van der Waals surface area contributed by atoms with Gasteiger partial charge in [-0.2, -0.15) is 13.2 Å². The number of nitrogens with one attached hydrogen (secondary N) is 1. The van der Waals surface area contributed by atoms with Crippen molar-refractivity contribution < 1.29 is 23.1 Å². The van der Waals surface area contributed by atoms with E-state index in [1.807, 2.05) is 17.0 Å². The van der Waals surface area contributed by atoms with Crippen molar-refractivity contribution in [3.8, 4) is 0 Å². The second-order valence-electron chi connectivity index (χ2n) is 9.94. The Morgan fingerprint density at radius 3 is 2.53 bits per heavy atom. The number of hydrogen-bond acceptors (Lipinski definition) is 6. The molecule has 5 rings (SSSR count). The zero-order chi connectivity index (χ0) is 26.9. The van der Waals surface area contributed by atoms with Crippen molar-refractivity contribution in [3.63, 3.8) is 0 Å². The summed E-state index contributed by atoms with van der Waals surface area (Å²) in [7, 11) is 0. The Morgan fingerprint density at radius 2 is 1.84 bits per heavy atom. The number of aliphatic hydroxyl groups excluding tert-OH is 1. The van der Waals surface area contributed by atoms with E-state index in [0.29, 0.717) is 56.8 Å². The number of carbonyl (C=O) groups excluding carboxylic acids is 1. The number of pyridine rings is 3. The molecule has 0 bridgehead atoms. The Kier molecular flexibility index (Phi) is 7.40. The molecule has 2 atom stereocenters. The van der Waals surface area contributed by atoms with Crippen LogP contribution in [0.2, 0.25) is 0 Å². The molecule has 1 aliphatic heterocycles. The molecule has 38 heavy (non-hydrogen) atoms. The number of alkyl halides is 3. The highest BCUT2D eigenvalue weighted by molar-refractivity contribution is 5.94. The number of anilines is 1. The maximum Gasteiger partial charge on any atom is 0.433 e. The number of nitrogens with zero attached hydrogens (tertiary/aromatic N) is 4. The molecule has 0 radical (unpaired) electrons. The standard InChI is InChI=1S/C27H30F3N5O3/c28-27(29,30)24-9-8-19(16-31-24)34-13-11-33(12-14-34)17-18-15-20(26(38)35-10-4-3-6-22(18)35)25(37)32-21-5-1-2-7-23(21)36/h3-4,6,8-10,15-16,21,23,36H,1-2,5,7,11-14,17H2,(H,32,37)/t21-,23-/m0/s1. The summed E-state index contributed by atoms with van der Waals surface area (Å²) in [6.07, 6.45) is 0.939. The largest absolute Gasteiger partial charge is 0.433 e. The van der Waals surface area contributed by atoms with Gasteiger partial charge in [-0.25, -0.2) is 4.98 Å². The van der Waals surface area contributed by atoms with E-state index in [1.165, 1.54) is 16.7 Å². The van der Waals surface area contributed by atoms with Gasteiger partial charge in [0.2, 0.25) is 0 Å². The zero-order valence-electron chi connectivity index (χ0n) is 20.8. The van der Waals surface area contributed by atoms with E-state index in [0.717, 1.165) is 24.5 Å². The van der Waals surface area contributed by atoms with Crippen molar-refractivity contribution in [1.82, 2.24) is 19.6 Å². The van der Waals surface area contributed by atoms with Gasteiger partial charge < -0.3 is 15.3 Å². The molecule has 2 aliphatic rings. The molecule has 2 fully saturated rings. The second kappa shape index (κ2) is 10.7. The SMILES string of the molecule is O=C(N[C@H]1CCCC[C@@H]1O)c1cc(CN2CCN(c3ccc(C(F)(F)F)nc3)CC2)c2ccccn2c1=O. The van der Waals surface area contributed by atoms with Crippen LogP contribution in [-0.2, 0) is 12.7 Å². The van der Waals surface area contributed by atoms with Gasteiger partial charge in [0, 0.05) is 38.9 Å². The molecule has 3 aromatic heterocycles. The van der Waals surface area contributed by atoms with Crippen LogP contribution >= 0.6 is 0 Å². The first kappa shape index (κ1) is 26.2. The van der Waals surface area contributed by atoms with E-state index < -0.39 is 29.4 Å². The number of aliphatic hydroxyl groups is 1. The molecule has 0 unspecified atom stereocenters. The number of aromatic nitrogens is 2. The Labute approximate surface area is 217 Å². The van der Waals surface area contributed by atoms with Crippen LogP contribution < -0.4 is 15.8 Å². The number of hydrogen-bond donors (Lipinski definition) is 2. The minimum absolute atomic E-state index is 0.0379. The van der Waals surface area contributed by atoms with Crippen LogP contribution in [0.5, 0.6) is 0 Å². The average molecular weight is 530 g/mol. The van der Waals surface area contributed by atoms with Crippen molar-refractivity contribution >= 4 is 17.1 Å². The predicted octanol–water partition coefficient (Wildman–Crippen LogP) is 3.07. The third-order valence-electron chi connectivity index (χ3n) is 7.42. The van der Waals surface area contributed by atoms with Gasteiger partial charge in [0.25, 0.3) is 11.5 Å². The molecule has 1 aliphatic carbocycles. The fourth-order valence-electron chi connectivity index (χ4n) is 5.28. The molecule has 0 aromatic carbocycles. The molecule has 2 N–H and O–H groups in total. The lowest BCUT2D eigenvalue weighted by molar-refractivity contribution is -0.141.